The van der Waals surface area contributed by atoms with Crippen molar-refractivity contribution in [2.45, 2.75) is 25.4 Å². The topological polar surface area (TPSA) is 75.9 Å². The minimum absolute atomic E-state index is 0.167. The first kappa shape index (κ1) is 17.9. The van der Waals surface area contributed by atoms with Crippen molar-refractivity contribution in [3.63, 3.8) is 0 Å². The number of aromatic nitrogens is 4. The van der Waals surface area contributed by atoms with E-state index >= 15 is 0 Å². The van der Waals surface area contributed by atoms with Gasteiger partial charge in [-0.3, -0.25) is 0 Å². The fourth-order valence-corrected chi connectivity index (χ4v) is 3.03. The van der Waals surface area contributed by atoms with Gasteiger partial charge < -0.3 is 10.2 Å². The van der Waals surface area contributed by atoms with E-state index in [0.29, 0.717) is 19.1 Å². The number of carbonyl (C=O) groups excluding carboxylic acids is 1. The van der Waals surface area contributed by atoms with Crippen LogP contribution in [-0.2, 0) is 6.54 Å². The van der Waals surface area contributed by atoms with Gasteiger partial charge >= 0.3 is 6.03 Å². The molecular formula is C21H22N6O. The van der Waals surface area contributed by atoms with Crippen LogP contribution in [-0.4, -0.2) is 37.7 Å². The number of urea groups is 1. The van der Waals surface area contributed by atoms with Crippen molar-refractivity contribution in [1.29, 1.82) is 0 Å². The highest BCUT2D eigenvalue weighted by Crippen LogP contribution is 2.36. The Balaban J connectivity index is 1.44. The first-order valence-corrected chi connectivity index (χ1v) is 9.33. The normalized spacial score (nSPS) is 13.1. The summed E-state index contributed by atoms with van der Waals surface area (Å²) >= 11 is 0. The number of hydrogen-bond donors (Lipinski definition) is 1. The second-order valence-corrected chi connectivity index (χ2v) is 6.84. The average molecular weight is 374 g/mol. The van der Waals surface area contributed by atoms with E-state index in [0.717, 1.165) is 35.5 Å². The van der Waals surface area contributed by atoms with Gasteiger partial charge in [0.1, 0.15) is 0 Å². The zero-order chi connectivity index (χ0) is 19.3. The van der Waals surface area contributed by atoms with Gasteiger partial charge in [0.2, 0.25) is 0 Å². The Hall–Kier alpha value is -3.48. The number of tetrazole rings is 1. The standard InChI is InChI=1S/C21H22N6O/c1-2-14-26(15-16-6-4-3-5-7-16)21(28)22-18-10-8-17(9-11-18)20-23-24-25-27(20)19-12-13-19/h2-11,19H,1,12-15H2,(H,22,28). The molecule has 7 nitrogen and oxygen atoms in total. The maximum absolute atomic E-state index is 12.7. The number of rotatable bonds is 7. The van der Waals surface area contributed by atoms with E-state index in [1.54, 1.807) is 11.0 Å². The zero-order valence-electron chi connectivity index (χ0n) is 15.5. The van der Waals surface area contributed by atoms with Crippen LogP contribution in [0, 0.1) is 0 Å². The van der Waals surface area contributed by atoms with E-state index < -0.39 is 0 Å². The predicted molar refractivity (Wildman–Crippen MR) is 108 cm³/mol. The van der Waals surface area contributed by atoms with Crippen LogP contribution in [0.15, 0.2) is 67.3 Å². The molecule has 1 heterocycles. The highest BCUT2D eigenvalue weighted by atomic mass is 16.2. The van der Waals surface area contributed by atoms with Gasteiger partial charge in [0, 0.05) is 24.3 Å². The Kier molecular flexibility index (Phi) is 5.14. The summed E-state index contributed by atoms with van der Waals surface area (Å²) in [6.45, 7) is 4.74. The third kappa shape index (κ3) is 4.09. The Morgan fingerprint density at radius 1 is 1.18 bits per heavy atom. The van der Waals surface area contributed by atoms with Crippen LogP contribution in [0.2, 0.25) is 0 Å². The Bertz CT molecular complexity index is 947. The monoisotopic (exact) mass is 374 g/mol. The molecule has 1 fully saturated rings. The molecular weight excluding hydrogens is 352 g/mol. The number of anilines is 1. The van der Waals surface area contributed by atoms with E-state index in [4.69, 9.17) is 0 Å². The van der Waals surface area contributed by atoms with Gasteiger partial charge in [0.25, 0.3) is 0 Å². The van der Waals surface area contributed by atoms with Gasteiger partial charge in [-0.1, -0.05) is 36.4 Å². The molecule has 4 rings (SSSR count). The van der Waals surface area contributed by atoms with Crippen LogP contribution < -0.4 is 5.32 Å². The Labute approximate surface area is 163 Å². The molecule has 0 bridgehead atoms. The van der Waals surface area contributed by atoms with Crippen molar-refractivity contribution in [3.05, 3.63) is 72.8 Å². The molecule has 1 saturated carbocycles. The SMILES string of the molecule is C=CCN(Cc1ccccc1)C(=O)Nc1ccc(-c2nnnn2C2CC2)cc1. The molecule has 1 aromatic heterocycles. The summed E-state index contributed by atoms with van der Waals surface area (Å²) in [7, 11) is 0. The summed E-state index contributed by atoms with van der Waals surface area (Å²) in [5, 5.41) is 15.0. The van der Waals surface area contributed by atoms with Gasteiger partial charge in [-0.15, -0.1) is 11.7 Å². The van der Waals surface area contributed by atoms with E-state index in [1.165, 1.54) is 0 Å². The molecule has 1 aliphatic carbocycles. The number of carbonyl (C=O) groups is 1. The summed E-state index contributed by atoms with van der Waals surface area (Å²) in [5.74, 6) is 0.762. The largest absolute Gasteiger partial charge is 0.322 e. The first-order chi connectivity index (χ1) is 13.7. The van der Waals surface area contributed by atoms with Gasteiger partial charge in [-0.25, -0.2) is 9.48 Å². The fraction of sp³-hybridized carbons (Fsp3) is 0.238. The summed E-state index contributed by atoms with van der Waals surface area (Å²) in [5.41, 5.74) is 2.73. The Morgan fingerprint density at radius 2 is 1.93 bits per heavy atom. The van der Waals surface area contributed by atoms with Crippen LogP contribution in [0.4, 0.5) is 10.5 Å². The van der Waals surface area contributed by atoms with Crippen molar-refractivity contribution in [1.82, 2.24) is 25.1 Å². The molecule has 0 radical (unpaired) electrons. The number of hydrogen-bond acceptors (Lipinski definition) is 4. The van der Waals surface area contributed by atoms with E-state index in [1.807, 2.05) is 59.3 Å². The molecule has 142 valence electrons. The number of benzene rings is 2. The van der Waals surface area contributed by atoms with Crippen molar-refractivity contribution in [3.8, 4) is 11.4 Å². The summed E-state index contributed by atoms with van der Waals surface area (Å²) in [6, 6.07) is 17.7. The van der Waals surface area contributed by atoms with E-state index in [9.17, 15) is 4.79 Å². The van der Waals surface area contributed by atoms with Gasteiger partial charge in [0.05, 0.1) is 6.04 Å². The predicted octanol–water partition coefficient (Wildman–Crippen LogP) is 3.90. The second-order valence-electron chi connectivity index (χ2n) is 6.84. The van der Waals surface area contributed by atoms with Crippen molar-refractivity contribution < 1.29 is 4.79 Å². The van der Waals surface area contributed by atoms with Crippen molar-refractivity contribution >= 4 is 11.7 Å². The highest BCUT2D eigenvalue weighted by molar-refractivity contribution is 5.89. The third-order valence-electron chi connectivity index (χ3n) is 4.63. The van der Waals surface area contributed by atoms with Gasteiger partial charge in [0.15, 0.2) is 5.82 Å². The number of nitrogens with zero attached hydrogens (tertiary/aromatic N) is 5. The maximum atomic E-state index is 12.7. The summed E-state index contributed by atoms with van der Waals surface area (Å²) < 4.78 is 1.87. The van der Waals surface area contributed by atoms with Crippen LogP contribution in [0.25, 0.3) is 11.4 Å². The lowest BCUT2D eigenvalue weighted by molar-refractivity contribution is 0.215. The molecule has 0 atom stereocenters. The van der Waals surface area contributed by atoms with E-state index in [-0.39, 0.29) is 6.03 Å². The minimum atomic E-state index is -0.167. The maximum Gasteiger partial charge on any atom is 0.322 e. The molecule has 0 spiro atoms. The fourth-order valence-electron chi connectivity index (χ4n) is 3.03. The minimum Gasteiger partial charge on any atom is -0.316 e. The first-order valence-electron chi connectivity index (χ1n) is 9.33. The van der Waals surface area contributed by atoms with Gasteiger partial charge in [-0.05, 0) is 53.1 Å². The van der Waals surface area contributed by atoms with Crippen molar-refractivity contribution in [2.24, 2.45) is 0 Å². The molecule has 2 amide bonds. The lowest BCUT2D eigenvalue weighted by Crippen LogP contribution is -2.34. The molecule has 3 aromatic rings. The number of amides is 2. The lowest BCUT2D eigenvalue weighted by Gasteiger charge is -2.22. The molecule has 0 aliphatic heterocycles. The molecule has 7 heteroatoms. The highest BCUT2D eigenvalue weighted by Gasteiger charge is 2.28. The number of nitrogens with one attached hydrogen (secondary N) is 1. The second kappa shape index (κ2) is 8.04. The van der Waals surface area contributed by atoms with E-state index in [2.05, 4.69) is 27.4 Å². The smallest absolute Gasteiger partial charge is 0.316 e. The van der Waals surface area contributed by atoms with Crippen molar-refractivity contribution in [2.75, 3.05) is 11.9 Å². The van der Waals surface area contributed by atoms with Crippen LogP contribution in [0.5, 0.6) is 0 Å². The summed E-state index contributed by atoms with van der Waals surface area (Å²) in [6.07, 6.45) is 3.96. The molecule has 0 unspecified atom stereocenters. The quantitative estimate of drug-likeness (QED) is 0.637. The van der Waals surface area contributed by atoms with Crippen LogP contribution >= 0.6 is 0 Å². The summed E-state index contributed by atoms with van der Waals surface area (Å²) in [4.78, 5) is 14.4. The zero-order valence-corrected chi connectivity index (χ0v) is 15.5. The molecule has 2 aromatic carbocycles. The molecule has 1 N–H and O–H groups in total. The molecule has 1 aliphatic rings. The van der Waals surface area contributed by atoms with Crippen LogP contribution in [0.3, 0.4) is 0 Å². The van der Waals surface area contributed by atoms with Crippen LogP contribution in [0.1, 0.15) is 24.4 Å². The lowest BCUT2D eigenvalue weighted by atomic mass is 10.2. The molecule has 28 heavy (non-hydrogen) atoms. The molecule has 0 saturated heterocycles. The average Bonchev–Trinajstić information content (AvgIpc) is 3.45. The van der Waals surface area contributed by atoms with Gasteiger partial charge in [-0.2, -0.15) is 0 Å². The third-order valence-corrected chi connectivity index (χ3v) is 4.63. The Morgan fingerprint density at radius 3 is 2.61 bits per heavy atom.